The molecule has 1 unspecified atom stereocenters. The summed E-state index contributed by atoms with van der Waals surface area (Å²) < 4.78 is 10.3. The molecule has 98 valence electrons. The molecular formula is C13H14Cl2O3. The Morgan fingerprint density at radius 3 is 2.67 bits per heavy atom. The minimum Gasteiger partial charge on any atom is -0.388 e. The highest BCUT2D eigenvalue weighted by atomic mass is 35.5. The number of terminal acetylenes is 1. The molecule has 3 nitrogen and oxygen atoms in total. The van der Waals surface area contributed by atoms with Crippen molar-refractivity contribution in [3.8, 4) is 12.3 Å². The van der Waals surface area contributed by atoms with E-state index < -0.39 is 6.10 Å². The zero-order chi connectivity index (χ0) is 13.4. The van der Waals surface area contributed by atoms with Crippen LogP contribution in [0.2, 0.25) is 10.0 Å². The first kappa shape index (κ1) is 15.3. The van der Waals surface area contributed by atoms with E-state index in [4.69, 9.17) is 39.1 Å². The summed E-state index contributed by atoms with van der Waals surface area (Å²) in [6, 6.07) is 5.17. The second kappa shape index (κ2) is 8.36. The largest absolute Gasteiger partial charge is 0.388 e. The Morgan fingerprint density at radius 2 is 2.00 bits per heavy atom. The summed E-state index contributed by atoms with van der Waals surface area (Å²) in [7, 11) is 0. The van der Waals surface area contributed by atoms with Gasteiger partial charge in [-0.15, -0.1) is 6.42 Å². The van der Waals surface area contributed by atoms with E-state index in [9.17, 15) is 5.11 Å². The van der Waals surface area contributed by atoms with Crippen molar-refractivity contribution < 1.29 is 14.6 Å². The van der Waals surface area contributed by atoms with Gasteiger partial charge in [-0.1, -0.05) is 35.2 Å². The summed E-state index contributed by atoms with van der Waals surface area (Å²) in [5, 5.41) is 10.6. The van der Waals surface area contributed by atoms with Crippen LogP contribution in [0.3, 0.4) is 0 Å². The fourth-order valence-electron chi connectivity index (χ4n) is 1.25. The van der Waals surface area contributed by atoms with E-state index in [1.165, 1.54) is 0 Å². The minimum absolute atomic E-state index is 0.151. The van der Waals surface area contributed by atoms with Gasteiger partial charge in [-0.25, -0.2) is 0 Å². The summed E-state index contributed by atoms with van der Waals surface area (Å²) in [6.07, 6.45) is 4.30. The van der Waals surface area contributed by atoms with E-state index in [2.05, 4.69) is 5.92 Å². The van der Waals surface area contributed by atoms with Crippen molar-refractivity contribution in [1.82, 2.24) is 0 Å². The molecule has 1 aromatic carbocycles. The SMILES string of the molecule is C#CCOCC(O)COCc1ccc(Cl)cc1Cl. The number of rotatable bonds is 7. The van der Waals surface area contributed by atoms with Crippen molar-refractivity contribution in [3.63, 3.8) is 0 Å². The average molecular weight is 289 g/mol. The van der Waals surface area contributed by atoms with Gasteiger partial charge in [-0.3, -0.25) is 0 Å². The molecule has 0 fully saturated rings. The van der Waals surface area contributed by atoms with Gasteiger partial charge in [0.25, 0.3) is 0 Å². The first-order chi connectivity index (χ1) is 8.63. The molecule has 0 amide bonds. The predicted molar refractivity (Wildman–Crippen MR) is 71.8 cm³/mol. The number of ether oxygens (including phenoxy) is 2. The summed E-state index contributed by atoms with van der Waals surface area (Å²) in [4.78, 5) is 0. The summed E-state index contributed by atoms with van der Waals surface area (Å²) >= 11 is 11.7. The highest BCUT2D eigenvalue weighted by molar-refractivity contribution is 6.35. The second-order valence-corrected chi connectivity index (χ2v) is 4.47. The maximum Gasteiger partial charge on any atom is 0.107 e. The number of benzene rings is 1. The van der Waals surface area contributed by atoms with Gasteiger partial charge in [0.05, 0.1) is 19.8 Å². The third kappa shape index (κ3) is 5.72. The highest BCUT2D eigenvalue weighted by Gasteiger charge is 2.06. The second-order valence-electron chi connectivity index (χ2n) is 3.62. The smallest absolute Gasteiger partial charge is 0.107 e. The van der Waals surface area contributed by atoms with Gasteiger partial charge < -0.3 is 14.6 Å². The molecule has 0 saturated heterocycles. The van der Waals surface area contributed by atoms with Crippen LogP contribution in [0.5, 0.6) is 0 Å². The molecule has 0 aromatic heterocycles. The van der Waals surface area contributed by atoms with Crippen LogP contribution in [0.1, 0.15) is 5.56 Å². The molecule has 1 rings (SSSR count). The van der Waals surface area contributed by atoms with Crippen LogP contribution < -0.4 is 0 Å². The Hall–Kier alpha value is -0.760. The van der Waals surface area contributed by atoms with Crippen LogP contribution in [0.15, 0.2) is 18.2 Å². The van der Waals surface area contributed by atoms with Gasteiger partial charge in [0.1, 0.15) is 12.7 Å². The minimum atomic E-state index is -0.704. The van der Waals surface area contributed by atoms with E-state index in [0.29, 0.717) is 16.7 Å². The van der Waals surface area contributed by atoms with E-state index in [1.807, 2.05) is 0 Å². The highest BCUT2D eigenvalue weighted by Crippen LogP contribution is 2.21. The van der Waals surface area contributed by atoms with Crippen LogP contribution in [-0.2, 0) is 16.1 Å². The standard InChI is InChI=1S/C13H14Cl2O3/c1-2-5-17-8-12(16)9-18-7-10-3-4-11(14)6-13(10)15/h1,3-4,6,12,16H,5,7-9H2. The fraction of sp³-hybridized carbons (Fsp3) is 0.385. The monoisotopic (exact) mass is 288 g/mol. The van der Waals surface area contributed by atoms with Crippen LogP contribution in [0.4, 0.5) is 0 Å². The molecule has 0 spiro atoms. The zero-order valence-corrected chi connectivity index (χ0v) is 11.2. The molecule has 5 heteroatoms. The summed E-state index contributed by atoms with van der Waals surface area (Å²) in [6.45, 7) is 0.796. The third-order valence-corrected chi connectivity index (χ3v) is 2.67. The Kier molecular flexibility index (Phi) is 7.11. The predicted octanol–water partition coefficient (Wildman–Crippen LogP) is 2.52. The van der Waals surface area contributed by atoms with E-state index in [-0.39, 0.29) is 19.8 Å². The number of hydrogen-bond donors (Lipinski definition) is 1. The summed E-state index contributed by atoms with van der Waals surface area (Å²) in [5.74, 6) is 2.31. The number of aliphatic hydroxyl groups excluding tert-OH is 1. The third-order valence-electron chi connectivity index (χ3n) is 2.08. The molecule has 1 aromatic rings. The van der Waals surface area contributed by atoms with Crippen molar-refractivity contribution in [1.29, 1.82) is 0 Å². The van der Waals surface area contributed by atoms with Gasteiger partial charge >= 0.3 is 0 Å². The van der Waals surface area contributed by atoms with Gasteiger partial charge in [-0.2, -0.15) is 0 Å². The molecule has 0 aliphatic heterocycles. The van der Waals surface area contributed by atoms with Gasteiger partial charge in [-0.05, 0) is 17.7 Å². The quantitative estimate of drug-likeness (QED) is 0.619. The molecule has 0 radical (unpaired) electrons. The van der Waals surface area contributed by atoms with Crippen molar-refractivity contribution in [3.05, 3.63) is 33.8 Å². The lowest BCUT2D eigenvalue weighted by atomic mass is 10.2. The Morgan fingerprint density at radius 1 is 1.28 bits per heavy atom. The topological polar surface area (TPSA) is 38.7 Å². The van der Waals surface area contributed by atoms with Crippen molar-refractivity contribution in [2.45, 2.75) is 12.7 Å². The molecule has 0 saturated carbocycles. The normalized spacial score (nSPS) is 12.1. The first-order valence-corrected chi connectivity index (χ1v) is 6.10. The van der Waals surface area contributed by atoms with E-state index >= 15 is 0 Å². The maximum absolute atomic E-state index is 9.49. The molecule has 0 aliphatic rings. The Labute approximate surface area is 117 Å². The van der Waals surface area contributed by atoms with Crippen LogP contribution in [0.25, 0.3) is 0 Å². The zero-order valence-electron chi connectivity index (χ0n) is 9.73. The first-order valence-electron chi connectivity index (χ1n) is 5.34. The lowest BCUT2D eigenvalue weighted by Crippen LogP contribution is -2.21. The molecule has 0 heterocycles. The molecule has 0 bridgehead atoms. The summed E-state index contributed by atoms with van der Waals surface area (Å²) in [5.41, 5.74) is 0.817. The lowest BCUT2D eigenvalue weighted by molar-refractivity contribution is -0.0170. The van der Waals surface area contributed by atoms with E-state index in [0.717, 1.165) is 5.56 Å². The molecular weight excluding hydrogens is 275 g/mol. The van der Waals surface area contributed by atoms with Crippen LogP contribution >= 0.6 is 23.2 Å². The Bertz CT molecular complexity index is 415. The van der Waals surface area contributed by atoms with Gasteiger partial charge in [0.15, 0.2) is 0 Å². The van der Waals surface area contributed by atoms with Crippen LogP contribution in [-0.4, -0.2) is 31.0 Å². The molecule has 1 atom stereocenters. The maximum atomic E-state index is 9.49. The number of halogens is 2. The fourth-order valence-corrected chi connectivity index (χ4v) is 1.71. The number of hydrogen-bond acceptors (Lipinski definition) is 3. The molecule has 1 N–H and O–H groups in total. The van der Waals surface area contributed by atoms with Crippen molar-refractivity contribution in [2.75, 3.05) is 19.8 Å². The van der Waals surface area contributed by atoms with Gasteiger partial charge in [0, 0.05) is 10.0 Å². The molecule has 18 heavy (non-hydrogen) atoms. The Balaban J connectivity index is 2.27. The van der Waals surface area contributed by atoms with Crippen LogP contribution in [0, 0.1) is 12.3 Å². The van der Waals surface area contributed by atoms with Gasteiger partial charge in [0.2, 0.25) is 0 Å². The van der Waals surface area contributed by atoms with Crippen molar-refractivity contribution >= 4 is 23.2 Å². The lowest BCUT2D eigenvalue weighted by Gasteiger charge is -2.11. The van der Waals surface area contributed by atoms with E-state index in [1.54, 1.807) is 18.2 Å². The number of aliphatic hydroxyl groups is 1. The molecule has 0 aliphatic carbocycles. The average Bonchev–Trinajstić information content (AvgIpc) is 2.32. The van der Waals surface area contributed by atoms with Crippen molar-refractivity contribution in [2.24, 2.45) is 0 Å².